The van der Waals surface area contributed by atoms with Gasteiger partial charge in [0, 0.05) is 11.7 Å². The summed E-state index contributed by atoms with van der Waals surface area (Å²) in [6, 6.07) is 13.1. The number of anilines is 1. The number of nitrogens with one attached hydrogen (secondary N) is 1. The lowest BCUT2D eigenvalue weighted by atomic mass is 10.1. The second-order valence-electron chi connectivity index (χ2n) is 5.43. The molecular formula is C17H17N3. The van der Waals surface area contributed by atoms with E-state index < -0.39 is 0 Å². The molecule has 3 rings (SSSR count). The molecule has 1 aliphatic rings. The van der Waals surface area contributed by atoms with Crippen LogP contribution in [0.15, 0.2) is 30.3 Å². The van der Waals surface area contributed by atoms with Gasteiger partial charge in [-0.25, -0.2) is 4.98 Å². The van der Waals surface area contributed by atoms with E-state index in [-0.39, 0.29) is 0 Å². The average molecular weight is 263 g/mol. The number of nitriles is 1. The normalized spacial score (nSPS) is 13.8. The van der Waals surface area contributed by atoms with Crippen LogP contribution in [0.3, 0.4) is 0 Å². The highest BCUT2D eigenvalue weighted by Gasteiger charge is 2.22. The summed E-state index contributed by atoms with van der Waals surface area (Å²) in [6.45, 7) is 3.92. The number of benzene rings is 1. The molecule has 0 unspecified atom stereocenters. The number of rotatable bonds is 2. The van der Waals surface area contributed by atoms with Gasteiger partial charge in [-0.2, -0.15) is 5.26 Å². The molecule has 3 nitrogen and oxygen atoms in total. The largest absolute Gasteiger partial charge is 0.366 e. The van der Waals surface area contributed by atoms with Gasteiger partial charge < -0.3 is 5.32 Å². The van der Waals surface area contributed by atoms with Crippen LogP contribution in [0.1, 0.15) is 27.9 Å². The summed E-state index contributed by atoms with van der Waals surface area (Å²) in [5.41, 5.74) is 5.38. The Morgan fingerprint density at radius 3 is 2.45 bits per heavy atom. The maximum Gasteiger partial charge on any atom is 0.144 e. The van der Waals surface area contributed by atoms with Gasteiger partial charge in [0.25, 0.3) is 0 Å². The van der Waals surface area contributed by atoms with Crippen molar-refractivity contribution in [2.45, 2.75) is 32.7 Å². The Kier molecular flexibility index (Phi) is 3.15. The zero-order valence-electron chi connectivity index (χ0n) is 11.8. The van der Waals surface area contributed by atoms with Gasteiger partial charge in [0.05, 0.1) is 5.56 Å². The summed E-state index contributed by atoms with van der Waals surface area (Å²) < 4.78 is 0. The maximum atomic E-state index is 9.31. The maximum absolute atomic E-state index is 9.31. The smallest absolute Gasteiger partial charge is 0.144 e. The van der Waals surface area contributed by atoms with E-state index in [9.17, 15) is 5.26 Å². The van der Waals surface area contributed by atoms with Crippen molar-refractivity contribution >= 4 is 5.82 Å². The van der Waals surface area contributed by atoms with Gasteiger partial charge in [-0.05, 0) is 49.4 Å². The van der Waals surface area contributed by atoms with Crippen LogP contribution in [0.5, 0.6) is 0 Å². The topological polar surface area (TPSA) is 48.7 Å². The highest BCUT2D eigenvalue weighted by Crippen LogP contribution is 2.26. The van der Waals surface area contributed by atoms with Crippen molar-refractivity contribution in [3.8, 4) is 6.07 Å². The van der Waals surface area contributed by atoms with Gasteiger partial charge in [0.15, 0.2) is 0 Å². The van der Waals surface area contributed by atoms with E-state index >= 15 is 0 Å². The first-order valence-corrected chi connectivity index (χ1v) is 6.89. The molecule has 0 spiro atoms. The molecule has 0 atom stereocenters. The van der Waals surface area contributed by atoms with E-state index in [2.05, 4.69) is 40.6 Å². The third-order valence-electron chi connectivity index (χ3n) is 3.85. The van der Waals surface area contributed by atoms with Crippen molar-refractivity contribution in [1.29, 1.82) is 5.26 Å². The lowest BCUT2D eigenvalue weighted by Crippen LogP contribution is -2.21. The van der Waals surface area contributed by atoms with Crippen LogP contribution in [0.4, 0.5) is 5.82 Å². The number of fused-ring (bicyclic) bond motifs is 1. The molecule has 0 fully saturated rings. The van der Waals surface area contributed by atoms with E-state index in [1.165, 1.54) is 11.1 Å². The predicted octanol–water partition coefficient (Wildman–Crippen LogP) is 3.15. The van der Waals surface area contributed by atoms with Gasteiger partial charge in [0.2, 0.25) is 0 Å². The van der Waals surface area contributed by atoms with Crippen LogP contribution in [-0.4, -0.2) is 11.0 Å². The summed E-state index contributed by atoms with van der Waals surface area (Å²) in [6.07, 6.45) is 1.99. The molecule has 0 bridgehead atoms. The fourth-order valence-electron chi connectivity index (χ4n) is 2.94. The fourth-order valence-corrected chi connectivity index (χ4v) is 2.94. The van der Waals surface area contributed by atoms with E-state index in [1.807, 2.05) is 19.9 Å². The molecule has 1 heterocycles. The number of hydrogen-bond donors (Lipinski definition) is 1. The first-order chi connectivity index (χ1) is 9.67. The van der Waals surface area contributed by atoms with Crippen molar-refractivity contribution in [2.24, 2.45) is 0 Å². The summed E-state index contributed by atoms with van der Waals surface area (Å²) in [5, 5.41) is 12.8. The van der Waals surface area contributed by atoms with Gasteiger partial charge in [-0.1, -0.05) is 24.3 Å². The molecule has 1 aromatic heterocycles. The molecule has 100 valence electrons. The van der Waals surface area contributed by atoms with Crippen LogP contribution in [-0.2, 0) is 12.8 Å². The van der Waals surface area contributed by atoms with Gasteiger partial charge in [-0.15, -0.1) is 0 Å². The van der Waals surface area contributed by atoms with Crippen molar-refractivity contribution < 1.29 is 0 Å². The third kappa shape index (κ3) is 2.25. The van der Waals surface area contributed by atoms with Crippen LogP contribution >= 0.6 is 0 Å². The molecule has 1 aliphatic carbocycles. The molecular weight excluding hydrogens is 246 g/mol. The SMILES string of the molecule is Cc1cc(C)c(C#N)c(NC2Cc3ccccc3C2)n1. The lowest BCUT2D eigenvalue weighted by molar-refractivity contribution is 0.767. The Morgan fingerprint density at radius 2 is 1.85 bits per heavy atom. The molecule has 20 heavy (non-hydrogen) atoms. The standard InChI is InChI=1S/C17H17N3/c1-11-7-12(2)19-17(16(11)10-18)20-15-8-13-5-3-4-6-14(13)9-15/h3-7,15H,8-9H2,1-2H3,(H,19,20). The Hall–Kier alpha value is -2.34. The Morgan fingerprint density at radius 1 is 1.20 bits per heavy atom. The molecule has 0 amide bonds. The van der Waals surface area contributed by atoms with Crippen LogP contribution in [0.25, 0.3) is 0 Å². The van der Waals surface area contributed by atoms with Crippen LogP contribution in [0, 0.1) is 25.2 Å². The Bertz CT molecular complexity index is 673. The number of aryl methyl sites for hydroxylation is 2. The molecule has 0 aliphatic heterocycles. The van der Waals surface area contributed by atoms with Crippen LogP contribution < -0.4 is 5.32 Å². The molecule has 1 aromatic carbocycles. The quantitative estimate of drug-likeness (QED) is 0.905. The third-order valence-corrected chi connectivity index (χ3v) is 3.85. The predicted molar refractivity (Wildman–Crippen MR) is 79.7 cm³/mol. The molecule has 0 saturated carbocycles. The highest BCUT2D eigenvalue weighted by atomic mass is 15.0. The van der Waals surface area contributed by atoms with E-state index in [4.69, 9.17) is 0 Å². The fraction of sp³-hybridized carbons (Fsp3) is 0.294. The molecule has 3 heteroatoms. The summed E-state index contributed by atoms with van der Waals surface area (Å²) in [4.78, 5) is 4.50. The number of hydrogen-bond acceptors (Lipinski definition) is 3. The van der Waals surface area contributed by atoms with Crippen molar-refractivity contribution in [3.63, 3.8) is 0 Å². The first-order valence-electron chi connectivity index (χ1n) is 6.89. The van der Waals surface area contributed by atoms with Crippen molar-refractivity contribution in [1.82, 2.24) is 4.98 Å². The number of aromatic nitrogens is 1. The minimum Gasteiger partial charge on any atom is -0.366 e. The van der Waals surface area contributed by atoms with E-state index in [1.54, 1.807) is 0 Å². The Labute approximate surface area is 119 Å². The summed E-state index contributed by atoms with van der Waals surface area (Å²) >= 11 is 0. The minimum absolute atomic E-state index is 0.327. The van der Waals surface area contributed by atoms with Crippen molar-refractivity contribution in [2.75, 3.05) is 5.32 Å². The highest BCUT2D eigenvalue weighted by molar-refractivity contribution is 5.57. The van der Waals surface area contributed by atoms with E-state index in [0.29, 0.717) is 11.6 Å². The number of nitrogens with zero attached hydrogens (tertiary/aromatic N) is 2. The molecule has 0 saturated heterocycles. The summed E-state index contributed by atoms with van der Waals surface area (Å²) in [5.74, 6) is 0.725. The molecule has 1 N–H and O–H groups in total. The van der Waals surface area contributed by atoms with Crippen molar-refractivity contribution in [3.05, 3.63) is 58.3 Å². The average Bonchev–Trinajstić information content (AvgIpc) is 2.80. The van der Waals surface area contributed by atoms with Gasteiger partial charge in [0.1, 0.15) is 11.9 Å². The van der Waals surface area contributed by atoms with Crippen LogP contribution in [0.2, 0.25) is 0 Å². The zero-order valence-corrected chi connectivity index (χ0v) is 11.8. The second kappa shape index (κ2) is 4.97. The molecule has 2 aromatic rings. The first kappa shape index (κ1) is 12.7. The van der Waals surface area contributed by atoms with Gasteiger partial charge in [-0.3, -0.25) is 0 Å². The van der Waals surface area contributed by atoms with Gasteiger partial charge >= 0.3 is 0 Å². The Balaban J connectivity index is 1.86. The summed E-state index contributed by atoms with van der Waals surface area (Å²) in [7, 11) is 0. The monoisotopic (exact) mass is 263 g/mol. The lowest BCUT2D eigenvalue weighted by Gasteiger charge is -2.15. The van der Waals surface area contributed by atoms with E-state index in [0.717, 1.165) is 29.9 Å². The second-order valence-corrected chi connectivity index (χ2v) is 5.43. The zero-order chi connectivity index (χ0) is 14.1. The minimum atomic E-state index is 0.327. The molecule has 0 radical (unpaired) electrons. The number of pyridine rings is 1.